The van der Waals surface area contributed by atoms with Crippen LogP contribution in [-0.4, -0.2) is 22.6 Å². The van der Waals surface area contributed by atoms with Crippen molar-refractivity contribution in [3.8, 4) is 5.75 Å². The van der Waals surface area contributed by atoms with Crippen LogP contribution < -0.4 is 16.2 Å². The van der Waals surface area contributed by atoms with Gasteiger partial charge in [-0.2, -0.15) is 4.99 Å². The number of benzene rings is 1. The summed E-state index contributed by atoms with van der Waals surface area (Å²) >= 11 is 0. The smallest absolute Gasteiger partial charge is 0.280 e. The van der Waals surface area contributed by atoms with Gasteiger partial charge < -0.3 is 16.2 Å². The standard InChI is InChI=1S/C17H18N4O3/c1-10-4-3-7-20-14(10)9-24-15-6-5-12(8-13(15)11(2)22)16(23)21-17(18)19/h3-8H,9H2,1-2H3,(H4,18,19,21,23). The van der Waals surface area contributed by atoms with Crippen molar-refractivity contribution in [3.63, 3.8) is 0 Å². The van der Waals surface area contributed by atoms with Crippen molar-refractivity contribution in [2.24, 2.45) is 16.5 Å². The fourth-order valence-corrected chi connectivity index (χ4v) is 2.06. The maximum Gasteiger partial charge on any atom is 0.280 e. The van der Waals surface area contributed by atoms with E-state index in [4.69, 9.17) is 16.2 Å². The van der Waals surface area contributed by atoms with Gasteiger partial charge in [0, 0.05) is 11.8 Å². The van der Waals surface area contributed by atoms with E-state index in [0.717, 1.165) is 11.3 Å². The molecule has 0 radical (unpaired) electrons. The number of carbonyl (C=O) groups is 2. The normalized spacial score (nSPS) is 10.1. The number of nitrogens with zero attached hydrogens (tertiary/aromatic N) is 2. The number of guanidine groups is 1. The molecule has 4 N–H and O–H groups in total. The summed E-state index contributed by atoms with van der Waals surface area (Å²) in [5, 5.41) is 0. The summed E-state index contributed by atoms with van der Waals surface area (Å²) in [5.74, 6) is -0.823. The van der Waals surface area contributed by atoms with E-state index in [1.807, 2.05) is 19.1 Å². The Morgan fingerprint density at radius 2 is 2.00 bits per heavy atom. The minimum atomic E-state index is -0.621. The number of aliphatic imine (C=N–C) groups is 1. The second-order valence-corrected chi connectivity index (χ2v) is 5.16. The fraction of sp³-hybridized carbons (Fsp3) is 0.176. The van der Waals surface area contributed by atoms with Gasteiger partial charge in [0.05, 0.1) is 11.3 Å². The van der Waals surface area contributed by atoms with Crippen molar-refractivity contribution in [3.05, 3.63) is 58.9 Å². The van der Waals surface area contributed by atoms with Crippen LogP contribution in [0.3, 0.4) is 0 Å². The van der Waals surface area contributed by atoms with Crippen LogP contribution in [0.1, 0.15) is 38.9 Å². The summed E-state index contributed by atoms with van der Waals surface area (Å²) in [4.78, 5) is 31.4. The second-order valence-electron chi connectivity index (χ2n) is 5.16. The van der Waals surface area contributed by atoms with E-state index in [1.54, 1.807) is 12.3 Å². The summed E-state index contributed by atoms with van der Waals surface area (Å²) in [6.07, 6.45) is 1.68. The summed E-state index contributed by atoms with van der Waals surface area (Å²) in [6, 6.07) is 8.22. The number of nitrogens with two attached hydrogens (primary N) is 2. The third-order valence-electron chi connectivity index (χ3n) is 3.32. The fourth-order valence-electron chi connectivity index (χ4n) is 2.06. The lowest BCUT2D eigenvalue weighted by Crippen LogP contribution is -2.24. The van der Waals surface area contributed by atoms with E-state index in [1.165, 1.54) is 19.1 Å². The van der Waals surface area contributed by atoms with E-state index in [9.17, 15) is 9.59 Å². The third-order valence-corrected chi connectivity index (χ3v) is 3.32. The molecule has 0 atom stereocenters. The molecule has 0 aliphatic carbocycles. The molecular formula is C17H18N4O3. The number of hydrogen-bond acceptors (Lipinski definition) is 4. The second kappa shape index (κ2) is 7.36. The Balaban J connectivity index is 2.27. The molecule has 1 heterocycles. The largest absolute Gasteiger partial charge is 0.487 e. The van der Waals surface area contributed by atoms with E-state index < -0.39 is 5.91 Å². The van der Waals surface area contributed by atoms with Gasteiger partial charge in [0.25, 0.3) is 5.91 Å². The van der Waals surface area contributed by atoms with Gasteiger partial charge in [0.2, 0.25) is 0 Å². The van der Waals surface area contributed by atoms with E-state index in [2.05, 4.69) is 9.98 Å². The van der Waals surface area contributed by atoms with Crippen molar-refractivity contribution in [2.75, 3.05) is 0 Å². The van der Waals surface area contributed by atoms with Crippen molar-refractivity contribution in [1.29, 1.82) is 0 Å². The first-order valence-corrected chi connectivity index (χ1v) is 7.20. The van der Waals surface area contributed by atoms with Crippen LogP contribution in [0.15, 0.2) is 41.5 Å². The molecule has 0 aliphatic heterocycles. The average Bonchev–Trinajstić information content (AvgIpc) is 2.53. The van der Waals surface area contributed by atoms with Gasteiger partial charge in [0.15, 0.2) is 11.7 Å². The molecule has 0 saturated carbocycles. The molecule has 7 nitrogen and oxygen atoms in total. The molecule has 0 fully saturated rings. The number of carbonyl (C=O) groups excluding carboxylic acids is 2. The van der Waals surface area contributed by atoms with E-state index in [-0.39, 0.29) is 29.5 Å². The lowest BCUT2D eigenvalue weighted by atomic mass is 10.1. The molecule has 0 unspecified atom stereocenters. The number of Topliss-reactive ketones (excluding diaryl/α,β-unsaturated/α-hetero) is 1. The van der Waals surface area contributed by atoms with Crippen LogP contribution in [0.5, 0.6) is 5.75 Å². The SMILES string of the molecule is CC(=O)c1cc(C(=O)N=C(N)N)ccc1OCc1ncccc1C. The van der Waals surface area contributed by atoms with Crippen molar-refractivity contribution >= 4 is 17.6 Å². The monoisotopic (exact) mass is 326 g/mol. The molecule has 24 heavy (non-hydrogen) atoms. The summed E-state index contributed by atoms with van der Waals surface area (Å²) < 4.78 is 5.70. The van der Waals surface area contributed by atoms with Gasteiger partial charge in [-0.1, -0.05) is 6.07 Å². The number of amides is 1. The number of ketones is 1. The Bertz CT molecular complexity index is 811. The summed E-state index contributed by atoms with van der Waals surface area (Å²) in [6.45, 7) is 3.53. The molecule has 0 bridgehead atoms. The zero-order chi connectivity index (χ0) is 17.7. The number of aryl methyl sites for hydroxylation is 1. The highest BCUT2D eigenvalue weighted by Crippen LogP contribution is 2.23. The predicted molar refractivity (Wildman–Crippen MR) is 89.9 cm³/mol. The van der Waals surface area contributed by atoms with Crippen LogP contribution in [0, 0.1) is 6.92 Å². The highest BCUT2D eigenvalue weighted by atomic mass is 16.5. The van der Waals surface area contributed by atoms with Gasteiger partial charge in [0.1, 0.15) is 12.4 Å². The molecule has 7 heteroatoms. The zero-order valence-corrected chi connectivity index (χ0v) is 13.4. The molecule has 2 rings (SSSR count). The number of hydrogen-bond donors (Lipinski definition) is 2. The van der Waals surface area contributed by atoms with Gasteiger partial charge in [-0.05, 0) is 43.7 Å². The lowest BCUT2D eigenvalue weighted by Gasteiger charge is -2.11. The maximum absolute atomic E-state index is 11.9. The maximum atomic E-state index is 11.9. The molecule has 1 aromatic heterocycles. The van der Waals surface area contributed by atoms with Crippen LogP contribution in [0.4, 0.5) is 0 Å². The van der Waals surface area contributed by atoms with E-state index >= 15 is 0 Å². The zero-order valence-electron chi connectivity index (χ0n) is 13.4. The van der Waals surface area contributed by atoms with Crippen LogP contribution in [0.25, 0.3) is 0 Å². The molecular weight excluding hydrogens is 308 g/mol. The average molecular weight is 326 g/mol. The van der Waals surface area contributed by atoms with Crippen molar-refractivity contribution < 1.29 is 14.3 Å². The Morgan fingerprint density at radius 1 is 1.25 bits per heavy atom. The van der Waals surface area contributed by atoms with Gasteiger partial charge >= 0.3 is 0 Å². The van der Waals surface area contributed by atoms with E-state index in [0.29, 0.717) is 5.75 Å². The van der Waals surface area contributed by atoms with Crippen molar-refractivity contribution in [1.82, 2.24) is 4.98 Å². The Hall–Kier alpha value is -3.22. The third kappa shape index (κ3) is 4.16. The highest BCUT2D eigenvalue weighted by Gasteiger charge is 2.14. The lowest BCUT2D eigenvalue weighted by molar-refractivity contribution is 0.100. The number of aromatic nitrogens is 1. The summed E-state index contributed by atoms with van der Waals surface area (Å²) in [7, 11) is 0. The molecule has 0 aliphatic rings. The number of pyridine rings is 1. The predicted octanol–water partition coefficient (Wildman–Crippen LogP) is 1.59. The first-order chi connectivity index (χ1) is 11.4. The number of ether oxygens (including phenoxy) is 1. The first-order valence-electron chi connectivity index (χ1n) is 7.20. The molecule has 124 valence electrons. The molecule has 1 amide bonds. The quantitative estimate of drug-likeness (QED) is 0.489. The van der Waals surface area contributed by atoms with Crippen molar-refractivity contribution in [2.45, 2.75) is 20.5 Å². The topological polar surface area (TPSA) is 121 Å². The minimum absolute atomic E-state index is 0.204. The van der Waals surface area contributed by atoms with Crippen LogP contribution in [0.2, 0.25) is 0 Å². The molecule has 2 aromatic rings. The minimum Gasteiger partial charge on any atom is -0.487 e. The summed E-state index contributed by atoms with van der Waals surface area (Å²) in [5.41, 5.74) is 12.6. The van der Waals surface area contributed by atoms with Crippen LogP contribution >= 0.6 is 0 Å². The Morgan fingerprint density at radius 3 is 2.62 bits per heavy atom. The molecule has 0 saturated heterocycles. The van der Waals surface area contributed by atoms with Crippen LogP contribution in [-0.2, 0) is 6.61 Å². The molecule has 1 aromatic carbocycles. The first kappa shape index (κ1) is 17.1. The van der Waals surface area contributed by atoms with Gasteiger partial charge in [-0.3, -0.25) is 14.6 Å². The highest BCUT2D eigenvalue weighted by molar-refractivity contribution is 6.04. The van der Waals surface area contributed by atoms with Gasteiger partial charge in [-0.15, -0.1) is 0 Å². The molecule has 0 spiro atoms. The Kier molecular flexibility index (Phi) is 5.26. The number of rotatable bonds is 5. The Labute approximate surface area is 139 Å². The van der Waals surface area contributed by atoms with Gasteiger partial charge in [-0.25, -0.2) is 0 Å².